The smallest absolute Gasteiger partial charge is 0.130 e. The van der Waals surface area contributed by atoms with Crippen LogP contribution in [0.3, 0.4) is 0 Å². The molecule has 0 saturated heterocycles. The molecule has 0 aromatic heterocycles. The van der Waals surface area contributed by atoms with Gasteiger partial charge in [0.05, 0.1) is 18.0 Å². The van der Waals surface area contributed by atoms with Crippen LogP contribution >= 0.6 is 11.9 Å². The molecule has 0 bridgehead atoms. The van der Waals surface area contributed by atoms with E-state index in [9.17, 15) is 0 Å². The molecule has 0 spiro atoms. The Morgan fingerprint density at radius 2 is 1.72 bits per heavy atom. The lowest BCUT2D eigenvalue weighted by Gasteiger charge is -2.28. The summed E-state index contributed by atoms with van der Waals surface area (Å²) in [6.07, 6.45) is 7.79. The Kier molecular flexibility index (Phi) is 5.09. The number of hydrogen-bond acceptors (Lipinski definition) is 3. The molecule has 2 aromatic carbocycles. The van der Waals surface area contributed by atoms with Gasteiger partial charge in [-0.25, -0.2) is 4.41 Å². The molecule has 1 heterocycles. The number of nitrogens with zero attached hydrogens (tertiary/aromatic N) is 2. The Balaban J connectivity index is 1.44. The van der Waals surface area contributed by atoms with Crippen molar-refractivity contribution >= 4 is 11.9 Å². The predicted octanol–water partition coefficient (Wildman–Crippen LogP) is 4.25. The Hall–Kier alpha value is -2.17. The molecule has 2 aliphatic rings. The minimum atomic E-state index is 0.299. The average molecular weight is 349 g/mol. The number of ether oxygens (including phenoxy) is 1. The van der Waals surface area contributed by atoms with Gasteiger partial charge in [-0.3, -0.25) is 0 Å². The number of hydrogen-bond donors (Lipinski definition) is 0. The first-order chi connectivity index (χ1) is 12.4. The molecule has 0 saturated carbocycles. The van der Waals surface area contributed by atoms with E-state index in [1.807, 2.05) is 12.1 Å². The lowest BCUT2D eigenvalue weighted by molar-refractivity contribution is 0.228. The first-order valence-electron chi connectivity index (χ1n) is 8.60. The van der Waals surface area contributed by atoms with Gasteiger partial charge in [-0.05, 0) is 53.6 Å². The molecule has 1 aliphatic carbocycles. The largest absolute Gasteiger partial charge is 0.495 e. The van der Waals surface area contributed by atoms with Crippen LogP contribution in [0.4, 0.5) is 0 Å². The van der Waals surface area contributed by atoms with Crippen LogP contribution in [-0.2, 0) is 23.3 Å². The van der Waals surface area contributed by atoms with Crippen LogP contribution in [-0.4, -0.2) is 17.1 Å². The van der Waals surface area contributed by atoms with E-state index in [-0.39, 0.29) is 0 Å². The van der Waals surface area contributed by atoms with Crippen molar-refractivity contribution in [2.24, 2.45) is 0 Å². The minimum absolute atomic E-state index is 0.299. The summed E-state index contributed by atoms with van der Waals surface area (Å²) in [7, 11) is 0. The van der Waals surface area contributed by atoms with Crippen LogP contribution < -0.4 is 5.43 Å². The molecule has 4 heteroatoms. The van der Waals surface area contributed by atoms with E-state index < -0.39 is 0 Å². The fraction of sp³-hybridized carbons (Fsp3) is 0.238. The van der Waals surface area contributed by atoms with E-state index >= 15 is 0 Å². The summed E-state index contributed by atoms with van der Waals surface area (Å²) in [5.74, 6) is 0.894. The van der Waals surface area contributed by atoms with Crippen molar-refractivity contribution in [3.05, 3.63) is 95.4 Å². The van der Waals surface area contributed by atoms with E-state index in [1.54, 1.807) is 18.2 Å². The Morgan fingerprint density at radius 3 is 2.40 bits per heavy atom. The number of fused-ring (bicyclic) bond motifs is 1. The van der Waals surface area contributed by atoms with E-state index in [1.165, 1.54) is 16.7 Å². The molecule has 25 heavy (non-hydrogen) atoms. The number of benzene rings is 2. The Labute approximate surface area is 153 Å². The van der Waals surface area contributed by atoms with Gasteiger partial charge in [-0.1, -0.05) is 54.6 Å². The summed E-state index contributed by atoms with van der Waals surface area (Å²) in [4.78, 5) is 0. The molecule has 4 rings (SSSR count). The van der Waals surface area contributed by atoms with Gasteiger partial charge >= 0.3 is 0 Å². The molecule has 0 unspecified atom stereocenters. The summed E-state index contributed by atoms with van der Waals surface area (Å²) >= 11 is 1.73. The SMILES string of the molecule is C1=COCC(N([N]C2Cc3ccccc3C2)SCc2ccccc2)=C1. The maximum atomic E-state index is 5.48. The Bertz CT molecular complexity index is 747. The van der Waals surface area contributed by atoms with Gasteiger partial charge < -0.3 is 4.74 Å². The summed E-state index contributed by atoms with van der Waals surface area (Å²) in [5, 5.41) is 0. The maximum absolute atomic E-state index is 5.48. The lowest BCUT2D eigenvalue weighted by atomic mass is 10.1. The highest BCUT2D eigenvalue weighted by molar-refractivity contribution is 7.96. The zero-order valence-corrected chi connectivity index (χ0v) is 14.9. The van der Waals surface area contributed by atoms with Crippen molar-refractivity contribution in [2.45, 2.75) is 24.6 Å². The molecule has 2 aromatic rings. The molecular formula is C21H21N2OS. The van der Waals surface area contributed by atoms with E-state index in [4.69, 9.17) is 10.2 Å². The first-order valence-corrected chi connectivity index (χ1v) is 9.54. The van der Waals surface area contributed by atoms with Gasteiger partial charge in [-0.2, -0.15) is 0 Å². The molecule has 3 nitrogen and oxygen atoms in total. The molecule has 127 valence electrons. The standard InChI is InChI=1S/C21H21N2OS/c1-2-7-17(8-3-1)16-25-23(21-11-6-12-24-15-21)22-20-13-18-9-4-5-10-19(18)14-20/h1-12,20H,13-16H2. The highest BCUT2D eigenvalue weighted by Gasteiger charge is 2.26. The van der Waals surface area contributed by atoms with Crippen LogP contribution in [0.5, 0.6) is 0 Å². The summed E-state index contributed by atoms with van der Waals surface area (Å²) in [6, 6.07) is 19.5. The number of allylic oxidation sites excluding steroid dienone is 2. The van der Waals surface area contributed by atoms with Gasteiger partial charge in [0.2, 0.25) is 0 Å². The minimum Gasteiger partial charge on any atom is -0.495 e. The summed E-state index contributed by atoms with van der Waals surface area (Å²) < 4.78 is 7.55. The molecule has 0 amide bonds. The fourth-order valence-electron chi connectivity index (χ4n) is 3.17. The molecule has 1 aliphatic heterocycles. The van der Waals surface area contributed by atoms with E-state index in [0.29, 0.717) is 12.6 Å². The van der Waals surface area contributed by atoms with Crippen LogP contribution in [0.1, 0.15) is 16.7 Å². The third-order valence-corrected chi connectivity index (χ3v) is 5.47. The normalized spacial score (nSPS) is 16.2. The van der Waals surface area contributed by atoms with Crippen LogP contribution in [0, 0.1) is 0 Å². The molecule has 0 atom stereocenters. The van der Waals surface area contributed by atoms with Crippen molar-refractivity contribution in [1.82, 2.24) is 9.84 Å². The van der Waals surface area contributed by atoms with Gasteiger partial charge in [0.25, 0.3) is 0 Å². The molecule has 1 radical (unpaired) electrons. The zero-order chi connectivity index (χ0) is 16.9. The van der Waals surface area contributed by atoms with Crippen molar-refractivity contribution in [3.63, 3.8) is 0 Å². The van der Waals surface area contributed by atoms with E-state index in [0.717, 1.165) is 24.3 Å². The fourth-order valence-corrected chi connectivity index (χ4v) is 4.12. The third kappa shape index (κ3) is 4.09. The molecule has 0 N–H and O–H groups in total. The Morgan fingerprint density at radius 1 is 1.00 bits per heavy atom. The third-order valence-electron chi connectivity index (χ3n) is 4.43. The van der Waals surface area contributed by atoms with Gasteiger partial charge in [-0.15, -0.1) is 5.43 Å². The lowest BCUT2D eigenvalue weighted by Crippen LogP contribution is -2.35. The van der Waals surface area contributed by atoms with Crippen molar-refractivity contribution < 1.29 is 4.74 Å². The van der Waals surface area contributed by atoms with Crippen LogP contribution in [0.15, 0.2) is 78.7 Å². The van der Waals surface area contributed by atoms with Crippen LogP contribution in [0.2, 0.25) is 0 Å². The quantitative estimate of drug-likeness (QED) is 0.576. The van der Waals surface area contributed by atoms with Crippen LogP contribution in [0.25, 0.3) is 0 Å². The monoisotopic (exact) mass is 349 g/mol. The summed E-state index contributed by atoms with van der Waals surface area (Å²) in [6.45, 7) is 0.571. The number of rotatable bonds is 6. The van der Waals surface area contributed by atoms with E-state index in [2.05, 4.69) is 59.0 Å². The second-order valence-corrected chi connectivity index (χ2v) is 7.17. The average Bonchev–Trinajstić information content (AvgIpc) is 3.09. The van der Waals surface area contributed by atoms with Crippen molar-refractivity contribution in [3.8, 4) is 0 Å². The second kappa shape index (κ2) is 7.81. The predicted molar refractivity (Wildman–Crippen MR) is 103 cm³/mol. The molecule has 0 fully saturated rings. The van der Waals surface area contributed by atoms with Gasteiger partial charge in [0, 0.05) is 5.75 Å². The topological polar surface area (TPSA) is 26.6 Å². The second-order valence-electron chi connectivity index (χ2n) is 6.28. The first kappa shape index (κ1) is 16.3. The van der Waals surface area contributed by atoms with Crippen molar-refractivity contribution in [2.75, 3.05) is 6.61 Å². The molecular weight excluding hydrogens is 328 g/mol. The highest BCUT2D eigenvalue weighted by atomic mass is 32.2. The summed E-state index contributed by atoms with van der Waals surface area (Å²) in [5.41, 5.74) is 10.3. The highest BCUT2D eigenvalue weighted by Crippen LogP contribution is 2.27. The van der Waals surface area contributed by atoms with Gasteiger partial charge in [0.1, 0.15) is 6.61 Å². The maximum Gasteiger partial charge on any atom is 0.130 e. The van der Waals surface area contributed by atoms with Gasteiger partial charge in [0.15, 0.2) is 0 Å². The van der Waals surface area contributed by atoms with Crippen molar-refractivity contribution in [1.29, 1.82) is 0 Å². The zero-order valence-electron chi connectivity index (χ0n) is 14.0.